The summed E-state index contributed by atoms with van der Waals surface area (Å²) in [4.78, 5) is 0. The second-order valence-electron chi connectivity index (χ2n) is 4.00. The van der Waals surface area contributed by atoms with Crippen molar-refractivity contribution in [3.63, 3.8) is 0 Å². The van der Waals surface area contributed by atoms with E-state index in [0.29, 0.717) is 17.9 Å². The van der Waals surface area contributed by atoms with Gasteiger partial charge >= 0.3 is 0 Å². The topological polar surface area (TPSA) is 40.5 Å². The molecule has 0 aliphatic rings. The number of benzene rings is 2. The SMILES string of the molecule is Oc1c(Br)cc(C=Cc2cc(Br)c(O)c(Br)c2)cc1Br. The Morgan fingerprint density at radius 2 is 0.850 bits per heavy atom. The molecule has 0 aliphatic heterocycles. The van der Waals surface area contributed by atoms with Gasteiger partial charge in [-0.2, -0.15) is 0 Å². The lowest BCUT2D eigenvalue weighted by atomic mass is 10.1. The fraction of sp³-hybridized carbons (Fsp3) is 0. The molecule has 2 N–H and O–H groups in total. The maximum atomic E-state index is 9.66. The highest BCUT2D eigenvalue weighted by Crippen LogP contribution is 2.35. The van der Waals surface area contributed by atoms with E-state index in [9.17, 15) is 10.2 Å². The van der Waals surface area contributed by atoms with Gasteiger partial charge in [0.05, 0.1) is 17.9 Å². The highest BCUT2D eigenvalue weighted by molar-refractivity contribution is 9.11. The van der Waals surface area contributed by atoms with Crippen LogP contribution in [0.1, 0.15) is 11.1 Å². The van der Waals surface area contributed by atoms with Crippen LogP contribution in [0.3, 0.4) is 0 Å². The highest BCUT2D eigenvalue weighted by atomic mass is 79.9. The number of rotatable bonds is 2. The van der Waals surface area contributed by atoms with E-state index < -0.39 is 0 Å². The standard InChI is InChI=1S/C14H8Br4O2/c15-9-3-7(4-10(16)13(9)19)1-2-8-5-11(17)14(20)12(18)6-8/h1-6,19-20H. The summed E-state index contributed by atoms with van der Waals surface area (Å²) in [6, 6.07) is 7.28. The smallest absolute Gasteiger partial charge is 0.143 e. The Balaban J connectivity index is 2.35. The Morgan fingerprint density at radius 1 is 0.600 bits per heavy atom. The van der Waals surface area contributed by atoms with Gasteiger partial charge in [0.25, 0.3) is 0 Å². The molecule has 0 saturated heterocycles. The van der Waals surface area contributed by atoms with Crippen molar-refractivity contribution in [3.8, 4) is 11.5 Å². The number of halogens is 4. The minimum absolute atomic E-state index is 0.178. The number of phenolic OH excluding ortho intramolecular Hbond substituents is 2. The van der Waals surface area contributed by atoms with E-state index in [2.05, 4.69) is 63.7 Å². The van der Waals surface area contributed by atoms with E-state index in [1.807, 2.05) is 36.4 Å². The average Bonchev–Trinajstić information content (AvgIpc) is 2.39. The Labute approximate surface area is 150 Å². The number of hydrogen-bond acceptors (Lipinski definition) is 2. The molecule has 0 spiro atoms. The molecular formula is C14H8Br4O2. The molecule has 0 atom stereocenters. The first-order valence-corrected chi connectivity index (χ1v) is 8.60. The molecule has 104 valence electrons. The molecule has 2 rings (SSSR count). The van der Waals surface area contributed by atoms with Crippen molar-refractivity contribution in [3.05, 3.63) is 53.3 Å². The van der Waals surface area contributed by atoms with Gasteiger partial charge in [0, 0.05) is 0 Å². The van der Waals surface area contributed by atoms with E-state index >= 15 is 0 Å². The normalized spacial score (nSPS) is 11.2. The van der Waals surface area contributed by atoms with Crippen LogP contribution in [0.25, 0.3) is 12.2 Å². The van der Waals surface area contributed by atoms with Crippen LogP contribution in [-0.4, -0.2) is 10.2 Å². The van der Waals surface area contributed by atoms with Crippen molar-refractivity contribution < 1.29 is 10.2 Å². The summed E-state index contributed by atoms with van der Waals surface area (Å²) >= 11 is 13.2. The number of hydrogen-bond donors (Lipinski definition) is 2. The molecule has 0 unspecified atom stereocenters. The second-order valence-corrected chi connectivity index (χ2v) is 7.42. The summed E-state index contributed by atoms with van der Waals surface area (Å²) in [5.41, 5.74) is 1.86. The van der Waals surface area contributed by atoms with Crippen molar-refractivity contribution in [2.45, 2.75) is 0 Å². The van der Waals surface area contributed by atoms with Crippen LogP contribution in [0.5, 0.6) is 11.5 Å². The summed E-state index contributed by atoms with van der Waals surface area (Å²) in [6.07, 6.45) is 3.83. The van der Waals surface area contributed by atoms with Crippen LogP contribution in [-0.2, 0) is 0 Å². The van der Waals surface area contributed by atoms with Crippen LogP contribution in [0.15, 0.2) is 42.2 Å². The molecule has 2 aromatic carbocycles. The highest BCUT2D eigenvalue weighted by Gasteiger charge is 2.06. The first-order valence-electron chi connectivity index (χ1n) is 5.42. The quantitative estimate of drug-likeness (QED) is 0.449. The van der Waals surface area contributed by atoms with Crippen molar-refractivity contribution in [1.82, 2.24) is 0 Å². The van der Waals surface area contributed by atoms with E-state index in [0.717, 1.165) is 11.1 Å². The van der Waals surface area contributed by atoms with Crippen LogP contribution >= 0.6 is 63.7 Å². The van der Waals surface area contributed by atoms with E-state index in [1.165, 1.54) is 0 Å². The molecule has 2 aromatic rings. The zero-order chi connectivity index (χ0) is 14.9. The fourth-order valence-corrected chi connectivity index (χ4v) is 4.00. The summed E-state index contributed by atoms with van der Waals surface area (Å²) in [6.45, 7) is 0. The van der Waals surface area contributed by atoms with E-state index in [4.69, 9.17) is 0 Å². The van der Waals surface area contributed by atoms with Gasteiger partial charge in [-0.1, -0.05) is 12.2 Å². The first kappa shape index (κ1) is 16.1. The van der Waals surface area contributed by atoms with Gasteiger partial charge in [-0.25, -0.2) is 0 Å². The first-order chi connectivity index (χ1) is 9.38. The van der Waals surface area contributed by atoms with Gasteiger partial charge in [-0.05, 0) is 99.1 Å². The average molecular weight is 528 g/mol. The monoisotopic (exact) mass is 524 g/mol. The van der Waals surface area contributed by atoms with Crippen LogP contribution < -0.4 is 0 Å². The summed E-state index contributed by atoms with van der Waals surface area (Å²) < 4.78 is 2.50. The largest absolute Gasteiger partial charge is 0.506 e. The molecule has 0 heterocycles. The van der Waals surface area contributed by atoms with Crippen LogP contribution in [0.2, 0.25) is 0 Å². The molecule has 0 saturated carbocycles. The Hall–Kier alpha value is -0.300. The van der Waals surface area contributed by atoms with Crippen molar-refractivity contribution in [2.75, 3.05) is 0 Å². The van der Waals surface area contributed by atoms with Gasteiger partial charge in [0.1, 0.15) is 11.5 Å². The Bertz CT molecular complexity index is 590. The predicted octanol–water partition coefficient (Wildman–Crippen LogP) is 6.32. The zero-order valence-electron chi connectivity index (χ0n) is 9.87. The molecule has 0 fully saturated rings. The lowest BCUT2D eigenvalue weighted by molar-refractivity contribution is 0.468. The minimum Gasteiger partial charge on any atom is -0.506 e. The molecule has 0 radical (unpaired) electrons. The third-order valence-electron chi connectivity index (χ3n) is 2.55. The summed E-state index contributed by atoms with van der Waals surface area (Å²) in [5, 5.41) is 19.3. The maximum Gasteiger partial charge on any atom is 0.143 e. The molecule has 0 aliphatic carbocycles. The summed E-state index contributed by atoms with van der Waals surface area (Å²) in [7, 11) is 0. The summed E-state index contributed by atoms with van der Waals surface area (Å²) in [5.74, 6) is 0.356. The van der Waals surface area contributed by atoms with Gasteiger partial charge in [0.15, 0.2) is 0 Å². The molecule has 0 amide bonds. The van der Waals surface area contributed by atoms with Crippen molar-refractivity contribution in [2.24, 2.45) is 0 Å². The maximum absolute atomic E-state index is 9.66. The molecule has 6 heteroatoms. The minimum atomic E-state index is 0.178. The fourth-order valence-electron chi connectivity index (χ4n) is 1.56. The van der Waals surface area contributed by atoms with Gasteiger partial charge in [-0.3, -0.25) is 0 Å². The molecular weight excluding hydrogens is 520 g/mol. The lowest BCUT2D eigenvalue weighted by Gasteiger charge is -2.04. The van der Waals surface area contributed by atoms with Gasteiger partial charge < -0.3 is 10.2 Å². The van der Waals surface area contributed by atoms with Crippen molar-refractivity contribution in [1.29, 1.82) is 0 Å². The third-order valence-corrected chi connectivity index (χ3v) is 4.96. The van der Waals surface area contributed by atoms with Crippen molar-refractivity contribution >= 4 is 75.9 Å². The zero-order valence-corrected chi connectivity index (χ0v) is 16.2. The predicted molar refractivity (Wildman–Crippen MR) is 95.9 cm³/mol. The van der Waals surface area contributed by atoms with Crippen LogP contribution in [0, 0.1) is 0 Å². The van der Waals surface area contributed by atoms with E-state index in [-0.39, 0.29) is 11.5 Å². The molecule has 20 heavy (non-hydrogen) atoms. The van der Waals surface area contributed by atoms with Crippen LogP contribution in [0.4, 0.5) is 0 Å². The molecule has 0 bridgehead atoms. The third kappa shape index (κ3) is 3.67. The van der Waals surface area contributed by atoms with Gasteiger partial charge in [-0.15, -0.1) is 0 Å². The Morgan fingerprint density at radius 3 is 1.10 bits per heavy atom. The van der Waals surface area contributed by atoms with E-state index in [1.54, 1.807) is 0 Å². The van der Waals surface area contributed by atoms with Gasteiger partial charge in [0.2, 0.25) is 0 Å². The number of aromatic hydroxyl groups is 2. The Kier molecular flexibility index (Phi) is 5.34. The molecule has 2 nitrogen and oxygen atoms in total. The lowest BCUT2D eigenvalue weighted by Crippen LogP contribution is -1.79. The number of phenols is 2. The molecule has 0 aromatic heterocycles. The second kappa shape index (κ2) is 6.64.